The molecular formula is C25H31FN4O2. The first-order chi connectivity index (χ1) is 15.4. The zero-order valence-electron chi connectivity index (χ0n) is 18.9. The minimum atomic E-state index is -0.326. The van der Waals surface area contributed by atoms with Crippen LogP contribution in [0.3, 0.4) is 0 Å². The quantitative estimate of drug-likeness (QED) is 0.718. The minimum absolute atomic E-state index is 0.00436. The summed E-state index contributed by atoms with van der Waals surface area (Å²) in [6.07, 6.45) is 4.70. The first-order valence-electron chi connectivity index (χ1n) is 11.5. The first kappa shape index (κ1) is 22.4. The van der Waals surface area contributed by atoms with E-state index in [1.165, 1.54) is 18.6 Å². The predicted molar refractivity (Wildman–Crippen MR) is 120 cm³/mol. The summed E-state index contributed by atoms with van der Waals surface area (Å²) in [5.74, 6) is 0.649. The molecule has 170 valence electrons. The van der Waals surface area contributed by atoms with E-state index in [4.69, 9.17) is 9.97 Å². The van der Waals surface area contributed by atoms with Crippen molar-refractivity contribution in [2.45, 2.75) is 58.3 Å². The fourth-order valence-corrected chi connectivity index (χ4v) is 4.74. The SMILES string of the molecule is Cc1nc([C@H]2CCN(C(=O)Cc3cccc(F)c3)C2)nc(C)c1CC(=O)N1CCCCC1. The van der Waals surface area contributed by atoms with Gasteiger partial charge in [0.25, 0.3) is 0 Å². The van der Waals surface area contributed by atoms with Crippen LogP contribution >= 0.6 is 0 Å². The molecule has 2 aliphatic heterocycles. The molecule has 7 heteroatoms. The van der Waals surface area contributed by atoms with E-state index in [1.54, 1.807) is 12.1 Å². The van der Waals surface area contributed by atoms with Gasteiger partial charge in [-0.3, -0.25) is 9.59 Å². The Balaban J connectivity index is 1.39. The third-order valence-electron chi connectivity index (χ3n) is 6.63. The van der Waals surface area contributed by atoms with Gasteiger partial charge >= 0.3 is 0 Å². The van der Waals surface area contributed by atoms with Gasteiger partial charge in [0.15, 0.2) is 0 Å². The number of nitrogens with zero attached hydrogens (tertiary/aromatic N) is 4. The van der Waals surface area contributed by atoms with Crippen LogP contribution in [-0.4, -0.2) is 57.8 Å². The molecule has 1 aromatic carbocycles. The lowest BCUT2D eigenvalue weighted by Crippen LogP contribution is -2.37. The van der Waals surface area contributed by atoms with Crippen molar-refractivity contribution in [1.29, 1.82) is 0 Å². The second kappa shape index (κ2) is 9.76. The summed E-state index contributed by atoms with van der Waals surface area (Å²) in [7, 11) is 0. The molecule has 3 heterocycles. The molecule has 0 bridgehead atoms. The summed E-state index contributed by atoms with van der Waals surface area (Å²) in [5, 5.41) is 0. The number of halogens is 1. The first-order valence-corrected chi connectivity index (χ1v) is 11.5. The number of carbonyl (C=O) groups excluding carboxylic acids is 2. The summed E-state index contributed by atoms with van der Waals surface area (Å²) in [5.41, 5.74) is 3.30. The zero-order valence-corrected chi connectivity index (χ0v) is 18.9. The smallest absolute Gasteiger partial charge is 0.227 e. The number of carbonyl (C=O) groups is 2. The molecule has 1 atom stereocenters. The molecule has 2 aromatic rings. The lowest BCUT2D eigenvalue weighted by Gasteiger charge is -2.27. The highest BCUT2D eigenvalue weighted by Crippen LogP contribution is 2.27. The predicted octanol–water partition coefficient (Wildman–Crippen LogP) is 3.35. The molecule has 0 aliphatic carbocycles. The number of likely N-dealkylation sites (tertiary alicyclic amines) is 2. The van der Waals surface area contributed by atoms with Crippen molar-refractivity contribution in [2.75, 3.05) is 26.2 Å². The van der Waals surface area contributed by atoms with E-state index in [1.807, 2.05) is 23.6 Å². The second-order valence-electron chi connectivity index (χ2n) is 8.98. The van der Waals surface area contributed by atoms with Crippen LogP contribution in [0.15, 0.2) is 24.3 Å². The topological polar surface area (TPSA) is 66.4 Å². The van der Waals surface area contributed by atoms with E-state index in [0.717, 1.165) is 55.1 Å². The van der Waals surface area contributed by atoms with Gasteiger partial charge < -0.3 is 9.80 Å². The molecule has 32 heavy (non-hydrogen) atoms. The number of aromatic nitrogens is 2. The second-order valence-corrected chi connectivity index (χ2v) is 8.98. The van der Waals surface area contributed by atoms with Crippen LogP contribution in [0, 0.1) is 19.7 Å². The van der Waals surface area contributed by atoms with Crippen molar-refractivity contribution in [3.05, 3.63) is 58.4 Å². The van der Waals surface area contributed by atoms with Gasteiger partial charge in [0.05, 0.1) is 12.8 Å². The van der Waals surface area contributed by atoms with Crippen molar-refractivity contribution in [1.82, 2.24) is 19.8 Å². The normalized spacial score (nSPS) is 18.8. The summed E-state index contributed by atoms with van der Waals surface area (Å²) in [6, 6.07) is 6.19. The molecule has 2 fully saturated rings. The summed E-state index contributed by atoms with van der Waals surface area (Å²) >= 11 is 0. The number of hydrogen-bond acceptors (Lipinski definition) is 4. The van der Waals surface area contributed by atoms with E-state index in [-0.39, 0.29) is 30.0 Å². The highest BCUT2D eigenvalue weighted by atomic mass is 19.1. The number of aryl methyl sites for hydroxylation is 2. The van der Waals surface area contributed by atoms with E-state index >= 15 is 0 Å². The van der Waals surface area contributed by atoms with Crippen LogP contribution in [0.5, 0.6) is 0 Å². The number of rotatable bonds is 5. The summed E-state index contributed by atoms with van der Waals surface area (Å²) in [6.45, 7) is 6.79. The maximum Gasteiger partial charge on any atom is 0.227 e. The van der Waals surface area contributed by atoms with Crippen molar-refractivity contribution in [3.63, 3.8) is 0 Å². The number of amides is 2. The lowest BCUT2D eigenvalue weighted by atomic mass is 10.0. The molecule has 6 nitrogen and oxygen atoms in total. The Morgan fingerprint density at radius 2 is 1.66 bits per heavy atom. The van der Waals surface area contributed by atoms with Gasteiger partial charge in [-0.2, -0.15) is 0 Å². The maximum absolute atomic E-state index is 13.4. The Hall–Kier alpha value is -2.83. The maximum atomic E-state index is 13.4. The molecule has 0 unspecified atom stereocenters. The van der Waals surface area contributed by atoms with Crippen LogP contribution in [0.1, 0.15) is 59.9 Å². The van der Waals surface area contributed by atoms with Crippen LogP contribution in [-0.2, 0) is 22.4 Å². The van der Waals surface area contributed by atoms with Gasteiger partial charge in [-0.1, -0.05) is 12.1 Å². The van der Waals surface area contributed by atoms with Crippen LogP contribution < -0.4 is 0 Å². The van der Waals surface area contributed by atoms with Crippen molar-refractivity contribution in [3.8, 4) is 0 Å². The number of piperidine rings is 1. The Morgan fingerprint density at radius 1 is 0.969 bits per heavy atom. The zero-order chi connectivity index (χ0) is 22.7. The number of hydrogen-bond donors (Lipinski definition) is 0. The van der Waals surface area contributed by atoms with E-state index in [0.29, 0.717) is 25.1 Å². The fourth-order valence-electron chi connectivity index (χ4n) is 4.74. The fraction of sp³-hybridized carbons (Fsp3) is 0.520. The highest BCUT2D eigenvalue weighted by Gasteiger charge is 2.30. The highest BCUT2D eigenvalue weighted by molar-refractivity contribution is 5.80. The van der Waals surface area contributed by atoms with E-state index in [2.05, 4.69) is 0 Å². The largest absolute Gasteiger partial charge is 0.342 e. The average molecular weight is 439 g/mol. The Morgan fingerprint density at radius 3 is 2.34 bits per heavy atom. The van der Waals surface area contributed by atoms with E-state index < -0.39 is 0 Å². The average Bonchev–Trinajstić information content (AvgIpc) is 3.27. The minimum Gasteiger partial charge on any atom is -0.342 e. The van der Waals surface area contributed by atoms with Gasteiger partial charge in [-0.15, -0.1) is 0 Å². The number of benzene rings is 1. The third-order valence-corrected chi connectivity index (χ3v) is 6.63. The Labute approximate surface area is 188 Å². The summed E-state index contributed by atoms with van der Waals surface area (Å²) in [4.78, 5) is 38.6. The summed E-state index contributed by atoms with van der Waals surface area (Å²) < 4.78 is 13.4. The molecule has 2 amide bonds. The Bertz CT molecular complexity index is 980. The van der Waals surface area contributed by atoms with Gasteiger partial charge in [-0.25, -0.2) is 14.4 Å². The van der Waals surface area contributed by atoms with Gasteiger partial charge in [0.2, 0.25) is 11.8 Å². The van der Waals surface area contributed by atoms with Crippen LogP contribution in [0.25, 0.3) is 0 Å². The lowest BCUT2D eigenvalue weighted by molar-refractivity contribution is -0.131. The molecule has 0 spiro atoms. The van der Waals surface area contributed by atoms with E-state index in [9.17, 15) is 14.0 Å². The van der Waals surface area contributed by atoms with Gasteiger partial charge in [0.1, 0.15) is 11.6 Å². The van der Waals surface area contributed by atoms with Crippen LogP contribution in [0.4, 0.5) is 4.39 Å². The molecule has 1 aromatic heterocycles. The Kier molecular flexibility index (Phi) is 6.82. The van der Waals surface area contributed by atoms with Gasteiger partial charge in [-0.05, 0) is 57.2 Å². The van der Waals surface area contributed by atoms with Crippen molar-refractivity contribution in [2.24, 2.45) is 0 Å². The molecule has 2 saturated heterocycles. The molecule has 2 aliphatic rings. The van der Waals surface area contributed by atoms with Gasteiger partial charge in [0, 0.05) is 49.0 Å². The van der Waals surface area contributed by atoms with Crippen molar-refractivity contribution < 1.29 is 14.0 Å². The standard InChI is InChI=1S/C25H31FN4O2/c1-17-22(15-24(32)29-10-4-3-5-11-29)18(2)28-25(27-17)20-9-12-30(16-20)23(31)14-19-7-6-8-21(26)13-19/h6-8,13,20H,3-5,9-12,14-16H2,1-2H3/t20-/m0/s1. The molecule has 0 saturated carbocycles. The third kappa shape index (κ3) is 5.14. The molecular weight excluding hydrogens is 407 g/mol. The molecule has 0 N–H and O–H groups in total. The molecule has 0 radical (unpaired) electrons. The molecule has 4 rings (SSSR count). The monoisotopic (exact) mass is 438 g/mol. The van der Waals surface area contributed by atoms with Crippen molar-refractivity contribution >= 4 is 11.8 Å². The van der Waals surface area contributed by atoms with Crippen LogP contribution in [0.2, 0.25) is 0 Å².